The number of H-pyrrole nitrogens is 3. The number of rotatable bonds is 2. The van der Waals surface area contributed by atoms with Crippen LogP contribution in [0.15, 0.2) is 21.5 Å². The van der Waals surface area contributed by atoms with Crippen molar-refractivity contribution in [3.8, 4) is 0 Å². The number of aromatic amines is 3. The van der Waals surface area contributed by atoms with E-state index in [4.69, 9.17) is 0 Å². The van der Waals surface area contributed by atoms with Crippen LogP contribution < -0.4 is 5.56 Å². The van der Waals surface area contributed by atoms with Crippen LogP contribution in [-0.4, -0.2) is 44.3 Å². The van der Waals surface area contributed by atoms with Gasteiger partial charge in [0.1, 0.15) is 5.69 Å². The van der Waals surface area contributed by atoms with Gasteiger partial charge in [0.25, 0.3) is 11.5 Å². The maximum absolute atomic E-state index is 12.0. The summed E-state index contributed by atoms with van der Waals surface area (Å²) in [7, 11) is 0. The Bertz CT molecular complexity index is 636. The number of aromatic nitrogens is 4. The van der Waals surface area contributed by atoms with Crippen LogP contribution in [0, 0.1) is 0 Å². The van der Waals surface area contributed by atoms with Crippen molar-refractivity contribution in [2.24, 2.45) is 0 Å². The number of likely N-dealkylation sites (tertiary alicyclic amines) is 1. The van der Waals surface area contributed by atoms with Crippen LogP contribution in [0.25, 0.3) is 0 Å². The van der Waals surface area contributed by atoms with Crippen molar-refractivity contribution in [2.75, 3.05) is 13.1 Å². The molecule has 94 valence electrons. The molecule has 8 heteroatoms. The largest absolute Gasteiger partial charge is 0.336 e. The van der Waals surface area contributed by atoms with E-state index in [1.807, 2.05) is 0 Å². The maximum Gasteiger partial charge on any atom is 0.273 e. The number of hydrogen-bond acceptors (Lipinski definition) is 3. The highest BCUT2D eigenvalue weighted by molar-refractivity contribution is 9.10. The first-order valence-electron chi connectivity index (χ1n) is 5.41. The van der Waals surface area contributed by atoms with Crippen molar-refractivity contribution in [3.05, 3.63) is 38.5 Å². The normalized spacial score (nSPS) is 15.7. The summed E-state index contributed by atoms with van der Waals surface area (Å²) < 4.78 is 0.658. The third-order valence-electron chi connectivity index (χ3n) is 3.03. The lowest BCUT2D eigenvalue weighted by Gasteiger charge is -2.38. The summed E-state index contributed by atoms with van der Waals surface area (Å²) in [6, 6.07) is 1.53. The van der Waals surface area contributed by atoms with E-state index in [2.05, 4.69) is 36.3 Å². The van der Waals surface area contributed by atoms with Crippen LogP contribution >= 0.6 is 15.9 Å². The fraction of sp³-hybridized carbons (Fsp3) is 0.300. The molecule has 0 unspecified atom stereocenters. The molecule has 1 aliphatic rings. The molecule has 0 saturated carbocycles. The monoisotopic (exact) mass is 311 g/mol. The number of carbonyl (C=O) groups excluding carboxylic acids is 1. The number of amides is 1. The number of hydrogen-bond donors (Lipinski definition) is 3. The summed E-state index contributed by atoms with van der Waals surface area (Å²) in [4.78, 5) is 24.7. The lowest BCUT2D eigenvalue weighted by molar-refractivity contribution is 0.0591. The van der Waals surface area contributed by atoms with Crippen molar-refractivity contribution >= 4 is 21.8 Å². The first-order valence-corrected chi connectivity index (χ1v) is 6.20. The van der Waals surface area contributed by atoms with E-state index in [1.54, 1.807) is 11.1 Å². The molecule has 0 radical (unpaired) electrons. The van der Waals surface area contributed by atoms with E-state index < -0.39 is 0 Å². The summed E-state index contributed by atoms with van der Waals surface area (Å²) in [5.74, 6) is 0.100. The number of carbonyl (C=O) groups is 1. The zero-order valence-electron chi connectivity index (χ0n) is 9.24. The van der Waals surface area contributed by atoms with Gasteiger partial charge in [-0.2, -0.15) is 5.10 Å². The first kappa shape index (κ1) is 11.3. The molecule has 0 aromatic carbocycles. The Balaban J connectivity index is 1.67. The quantitative estimate of drug-likeness (QED) is 0.750. The molecule has 1 amide bonds. The van der Waals surface area contributed by atoms with Crippen LogP contribution in [0.3, 0.4) is 0 Å². The minimum Gasteiger partial charge on any atom is -0.336 e. The van der Waals surface area contributed by atoms with Gasteiger partial charge in [0.2, 0.25) is 0 Å². The zero-order valence-corrected chi connectivity index (χ0v) is 10.8. The molecule has 3 heterocycles. The number of nitrogens with one attached hydrogen (secondary N) is 3. The SMILES string of the molecule is O=C(c1[nH]ncc1Br)N1CC(c2cc(=O)[nH][nH]2)C1. The maximum atomic E-state index is 12.0. The predicted octanol–water partition coefficient (Wildman–Crippen LogP) is 0.428. The van der Waals surface area contributed by atoms with Gasteiger partial charge in [-0.05, 0) is 15.9 Å². The fourth-order valence-electron chi connectivity index (χ4n) is 1.99. The van der Waals surface area contributed by atoms with E-state index >= 15 is 0 Å². The van der Waals surface area contributed by atoms with Gasteiger partial charge < -0.3 is 10.00 Å². The molecule has 1 aliphatic heterocycles. The number of nitrogens with zero attached hydrogens (tertiary/aromatic N) is 2. The highest BCUT2D eigenvalue weighted by Gasteiger charge is 2.34. The minimum absolute atomic E-state index is 0.0893. The Morgan fingerprint density at radius 2 is 2.22 bits per heavy atom. The van der Waals surface area contributed by atoms with Crippen LogP contribution in [0.2, 0.25) is 0 Å². The molecule has 2 aromatic rings. The van der Waals surface area contributed by atoms with E-state index in [0.717, 1.165) is 5.69 Å². The molecule has 1 saturated heterocycles. The van der Waals surface area contributed by atoms with Crippen LogP contribution in [0.4, 0.5) is 0 Å². The van der Waals surface area contributed by atoms with E-state index in [1.165, 1.54) is 6.07 Å². The van der Waals surface area contributed by atoms with Crippen molar-refractivity contribution in [3.63, 3.8) is 0 Å². The minimum atomic E-state index is -0.147. The lowest BCUT2D eigenvalue weighted by Crippen LogP contribution is -2.48. The van der Waals surface area contributed by atoms with Gasteiger partial charge in [-0.3, -0.25) is 19.8 Å². The highest BCUT2D eigenvalue weighted by atomic mass is 79.9. The molecule has 7 nitrogen and oxygen atoms in total. The average Bonchev–Trinajstić information content (AvgIpc) is 2.85. The van der Waals surface area contributed by atoms with Crippen LogP contribution in [0.1, 0.15) is 22.1 Å². The van der Waals surface area contributed by atoms with Gasteiger partial charge in [-0.25, -0.2) is 0 Å². The summed E-state index contributed by atoms with van der Waals surface area (Å²) in [6.45, 7) is 1.19. The zero-order chi connectivity index (χ0) is 12.7. The molecule has 0 aliphatic carbocycles. The first-order chi connectivity index (χ1) is 8.65. The molecule has 0 bridgehead atoms. The topological polar surface area (TPSA) is 97.6 Å². The Morgan fingerprint density at radius 3 is 2.78 bits per heavy atom. The van der Waals surface area contributed by atoms with Crippen molar-refractivity contribution in [2.45, 2.75) is 5.92 Å². The fourth-order valence-corrected chi connectivity index (χ4v) is 2.35. The van der Waals surface area contributed by atoms with Gasteiger partial charge in [-0.15, -0.1) is 0 Å². The molecule has 3 N–H and O–H groups in total. The molecule has 18 heavy (non-hydrogen) atoms. The predicted molar refractivity (Wildman–Crippen MR) is 66.3 cm³/mol. The third kappa shape index (κ3) is 1.78. The Labute approximate surface area is 110 Å². The third-order valence-corrected chi connectivity index (χ3v) is 3.63. The second-order valence-electron chi connectivity index (χ2n) is 4.21. The standard InChI is InChI=1S/C10H10BrN5O2/c11-6-2-12-15-9(6)10(18)16-3-5(4-16)7-1-8(17)14-13-7/h1-2,5H,3-4H2,(H,12,15)(H2,13,14,17). The summed E-state index contributed by atoms with van der Waals surface area (Å²) in [6.07, 6.45) is 1.55. The summed E-state index contributed by atoms with van der Waals surface area (Å²) in [5, 5.41) is 11.8. The molecule has 2 aromatic heterocycles. The Hall–Kier alpha value is -1.83. The Morgan fingerprint density at radius 1 is 1.44 bits per heavy atom. The van der Waals surface area contributed by atoms with Crippen molar-refractivity contribution in [1.29, 1.82) is 0 Å². The van der Waals surface area contributed by atoms with E-state index in [9.17, 15) is 9.59 Å². The molecule has 1 fully saturated rings. The average molecular weight is 312 g/mol. The lowest BCUT2D eigenvalue weighted by atomic mass is 9.96. The highest BCUT2D eigenvalue weighted by Crippen LogP contribution is 2.27. The van der Waals surface area contributed by atoms with Gasteiger partial charge in [-0.1, -0.05) is 0 Å². The molecular weight excluding hydrogens is 302 g/mol. The molecule has 0 atom stereocenters. The van der Waals surface area contributed by atoms with Gasteiger partial charge in [0.15, 0.2) is 0 Å². The summed E-state index contributed by atoms with van der Waals surface area (Å²) >= 11 is 3.26. The van der Waals surface area contributed by atoms with Gasteiger partial charge in [0, 0.05) is 30.8 Å². The van der Waals surface area contributed by atoms with E-state index in [0.29, 0.717) is 23.3 Å². The van der Waals surface area contributed by atoms with Crippen LogP contribution in [0.5, 0.6) is 0 Å². The molecule has 0 spiro atoms. The smallest absolute Gasteiger partial charge is 0.273 e. The number of halogens is 1. The van der Waals surface area contributed by atoms with E-state index in [-0.39, 0.29) is 17.4 Å². The summed E-state index contributed by atoms with van der Waals surface area (Å²) in [5.41, 5.74) is 1.15. The van der Waals surface area contributed by atoms with Gasteiger partial charge >= 0.3 is 0 Å². The Kier molecular flexibility index (Phi) is 2.58. The molecular formula is C10H10BrN5O2. The van der Waals surface area contributed by atoms with Gasteiger partial charge in [0.05, 0.1) is 10.7 Å². The van der Waals surface area contributed by atoms with Crippen LogP contribution in [-0.2, 0) is 0 Å². The molecule has 3 rings (SSSR count). The van der Waals surface area contributed by atoms with Crippen molar-refractivity contribution in [1.82, 2.24) is 25.3 Å². The second-order valence-corrected chi connectivity index (χ2v) is 5.07. The van der Waals surface area contributed by atoms with Crippen molar-refractivity contribution < 1.29 is 4.79 Å². The second kappa shape index (κ2) is 4.13.